The summed E-state index contributed by atoms with van der Waals surface area (Å²) < 4.78 is 93.6. The van der Waals surface area contributed by atoms with E-state index in [1.165, 1.54) is 6.42 Å². The Bertz CT molecular complexity index is 1200. The molecule has 37 heavy (non-hydrogen) atoms. The maximum Gasteiger partial charge on any atom is 0.258 e. The Hall–Kier alpha value is -2.48. The number of rotatable bonds is 13. The SMILES string of the molecule is CCCCCCCCC[Si](Cc1ccccc1)(Oc1c(F)c(F)c(F)c2cc(F)c(F)c(F)c12)C(C)C. The Morgan fingerprint density at radius 3 is 1.97 bits per heavy atom. The normalized spacial score (nSPS) is 13.4. The summed E-state index contributed by atoms with van der Waals surface area (Å²) in [5.41, 5.74) is 0.777. The lowest BCUT2D eigenvalue weighted by Gasteiger charge is -2.36. The van der Waals surface area contributed by atoms with E-state index in [4.69, 9.17) is 4.43 Å². The first-order valence-electron chi connectivity index (χ1n) is 13.0. The van der Waals surface area contributed by atoms with Crippen LogP contribution in [0.5, 0.6) is 5.75 Å². The van der Waals surface area contributed by atoms with E-state index in [1.807, 2.05) is 44.2 Å². The molecule has 1 nitrogen and oxygen atoms in total. The third kappa shape index (κ3) is 6.51. The third-order valence-electron chi connectivity index (χ3n) is 7.12. The van der Waals surface area contributed by atoms with Crippen LogP contribution in [0.3, 0.4) is 0 Å². The number of hydrogen-bond acceptors (Lipinski definition) is 1. The van der Waals surface area contributed by atoms with Gasteiger partial charge in [0.15, 0.2) is 34.8 Å². The predicted octanol–water partition coefficient (Wildman–Crippen LogP) is 9.94. The van der Waals surface area contributed by atoms with Gasteiger partial charge in [0.05, 0.1) is 5.39 Å². The summed E-state index contributed by atoms with van der Waals surface area (Å²) in [4.78, 5) is 0. The van der Waals surface area contributed by atoms with Crippen molar-refractivity contribution in [3.8, 4) is 5.75 Å². The minimum atomic E-state index is -3.08. The van der Waals surface area contributed by atoms with Crippen molar-refractivity contribution in [1.82, 2.24) is 0 Å². The molecule has 0 amide bonds. The van der Waals surface area contributed by atoms with Gasteiger partial charge in [-0.05, 0) is 23.2 Å². The second-order valence-electron chi connectivity index (χ2n) is 10.0. The van der Waals surface area contributed by atoms with Gasteiger partial charge in [0.25, 0.3) is 8.32 Å². The molecule has 0 saturated heterocycles. The van der Waals surface area contributed by atoms with Gasteiger partial charge < -0.3 is 4.43 Å². The molecule has 0 aromatic heterocycles. The fraction of sp³-hybridized carbons (Fsp3) is 0.448. The van der Waals surface area contributed by atoms with Gasteiger partial charge in [0.1, 0.15) is 0 Å². The van der Waals surface area contributed by atoms with Gasteiger partial charge in [-0.25, -0.2) is 22.0 Å². The van der Waals surface area contributed by atoms with Gasteiger partial charge in [-0.3, -0.25) is 0 Å². The molecule has 0 bridgehead atoms. The Labute approximate surface area is 216 Å². The molecule has 202 valence electrons. The highest BCUT2D eigenvalue weighted by atomic mass is 28.4. The first-order chi connectivity index (χ1) is 17.6. The average molecular weight is 541 g/mol. The summed E-state index contributed by atoms with van der Waals surface area (Å²) in [5, 5.41) is -1.81. The van der Waals surface area contributed by atoms with Crippen molar-refractivity contribution < 1.29 is 30.8 Å². The van der Waals surface area contributed by atoms with Crippen molar-refractivity contribution in [1.29, 1.82) is 0 Å². The fourth-order valence-corrected chi connectivity index (χ4v) is 8.77. The summed E-state index contributed by atoms with van der Waals surface area (Å²) in [6.07, 6.45) is 7.27. The lowest BCUT2D eigenvalue weighted by molar-refractivity contribution is 0.407. The molecule has 0 aliphatic rings. The predicted molar refractivity (Wildman–Crippen MR) is 138 cm³/mol. The molecule has 3 rings (SSSR count). The monoisotopic (exact) mass is 540 g/mol. The highest BCUT2D eigenvalue weighted by molar-refractivity contribution is 6.75. The molecule has 0 saturated carbocycles. The van der Waals surface area contributed by atoms with Crippen molar-refractivity contribution >= 4 is 19.1 Å². The molecule has 0 fully saturated rings. The van der Waals surface area contributed by atoms with Crippen molar-refractivity contribution in [2.45, 2.75) is 83.3 Å². The molecular weight excluding hydrogens is 506 g/mol. The summed E-state index contributed by atoms with van der Waals surface area (Å²) in [6, 6.07) is 10.7. The molecular formula is C29H34F6OSi. The zero-order valence-electron chi connectivity index (χ0n) is 21.6. The first-order valence-corrected chi connectivity index (χ1v) is 15.4. The first kappa shape index (κ1) is 29.1. The molecule has 0 N–H and O–H groups in total. The number of unbranched alkanes of at least 4 members (excludes halogenated alkanes) is 6. The molecule has 1 unspecified atom stereocenters. The van der Waals surface area contributed by atoms with Crippen LogP contribution in [0.15, 0.2) is 36.4 Å². The van der Waals surface area contributed by atoms with E-state index < -0.39 is 59.7 Å². The zero-order valence-corrected chi connectivity index (χ0v) is 22.6. The van der Waals surface area contributed by atoms with Gasteiger partial charge in [0, 0.05) is 11.4 Å². The van der Waals surface area contributed by atoms with Crippen molar-refractivity contribution in [3.05, 3.63) is 76.9 Å². The van der Waals surface area contributed by atoms with Gasteiger partial charge in [-0.1, -0.05) is 96.0 Å². The molecule has 3 aromatic rings. The summed E-state index contributed by atoms with van der Waals surface area (Å²) in [6.45, 7) is 5.97. The van der Waals surface area contributed by atoms with E-state index >= 15 is 4.39 Å². The van der Waals surface area contributed by atoms with Crippen LogP contribution in [0.4, 0.5) is 26.3 Å². The van der Waals surface area contributed by atoms with Gasteiger partial charge in [-0.2, -0.15) is 4.39 Å². The number of benzene rings is 3. The van der Waals surface area contributed by atoms with E-state index in [-0.39, 0.29) is 5.54 Å². The van der Waals surface area contributed by atoms with Gasteiger partial charge >= 0.3 is 0 Å². The second-order valence-corrected chi connectivity index (χ2v) is 14.4. The topological polar surface area (TPSA) is 9.23 Å². The Balaban J connectivity index is 2.07. The Morgan fingerprint density at radius 2 is 1.35 bits per heavy atom. The van der Waals surface area contributed by atoms with Crippen molar-refractivity contribution in [3.63, 3.8) is 0 Å². The second kappa shape index (κ2) is 12.8. The maximum absolute atomic E-state index is 15.2. The van der Waals surface area contributed by atoms with E-state index in [9.17, 15) is 22.0 Å². The Morgan fingerprint density at radius 1 is 0.730 bits per heavy atom. The minimum Gasteiger partial charge on any atom is -0.540 e. The zero-order chi connectivity index (χ0) is 27.2. The smallest absolute Gasteiger partial charge is 0.258 e. The van der Waals surface area contributed by atoms with Gasteiger partial charge in [0.2, 0.25) is 5.82 Å². The molecule has 0 spiro atoms. The number of hydrogen-bond donors (Lipinski definition) is 0. The van der Waals surface area contributed by atoms with Gasteiger partial charge in [-0.15, -0.1) is 0 Å². The molecule has 8 heteroatoms. The highest BCUT2D eigenvalue weighted by Gasteiger charge is 2.42. The van der Waals surface area contributed by atoms with Crippen LogP contribution in [0, 0.1) is 34.9 Å². The quantitative estimate of drug-likeness (QED) is 0.0907. The molecule has 3 aromatic carbocycles. The molecule has 0 aliphatic heterocycles. The van der Waals surface area contributed by atoms with Crippen LogP contribution in [0.1, 0.15) is 71.3 Å². The van der Waals surface area contributed by atoms with Crippen molar-refractivity contribution in [2.75, 3.05) is 0 Å². The lowest BCUT2D eigenvalue weighted by Crippen LogP contribution is -2.48. The van der Waals surface area contributed by atoms with E-state index in [0.29, 0.717) is 18.2 Å². The Kier molecular flexibility index (Phi) is 10.1. The van der Waals surface area contributed by atoms with Crippen LogP contribution in [-0.4, -0.2) is 8.32 Å². The molecule has 0 heterocycles. The van der Waals surface area contributed by atoms with Crippen LogP contribution in [-0.2, 0) is 6.04 Å². The lowest BCUT2D eigenvalue weighted by atomic mass is 10.1. The standard InChI is InChI=1S/C29H34F6OSi/c1-4-5-6-7-8-9-13-16-37(19(2)3,18-20-14-11-10-12-15-20)36-29-23-21(24(31)27(34)28(29)35)17-22(30)25(32)26(23)33/h10-12,14-15,17,19H,4-9,13,16,18H2,1-3H3. The third-order valence-corrected chi connectivity index (χ3v) is 12.0. The van der Waals surface area contributed by atoms with E-state index in [2.05, 4.69) is 6.92 Å². The molecule has 1 atom stereocenters. The summed E-state index contributed by atoms with van der Waals surface area (Å²) in [7, 11) is -3.08. The minimum absolute atomic E-state index is 0.135. The largest absolute Gasteiger partial charge is 0.540 e. The van der Waals surface area contributed by atoms with Crippen molar-refractivity contribution in [2.24, 2.45) is 0 Å². The van der Waals surface area contributed by atoms with Crippen LogP contribution < -0.4 is 4.43 Å². The summed E-state index contributed by atoms with van der Waals surface area (Å²) in [5.74, 6) is -11.7. The maximum atomic E-state index is 15.2. The molecule has 0 aliphatic carbocycles. The van der Waals surface area contributed by atoms with Crippen LogP contribution in [0.25, 0.3) is 10.8 Å². The summed E-state index contributed by atoms with van der Waals surface area (Å²) >= 11 is 0. The fourth-order valence-electron chi connectivity index (χ4n) is 4.82. The van der Waals surface area contributed by atoms with Crippen LogP contribution >= 0.6 is 0 Å². The average Bonchev–Trinajstić information content (AvgIpc) is 2.88. The highest BCUT2D eigenvalue weighted by Crippen LogP contribution is 2.42. The van der Waals surface area contributed by atoms with E-state index in [0.717, 1.165) is 44.1 Å². The van der Waals surface area contributed by atoms with E-state index in [1.54, 1.807) is 0 Å². The number of fused-ring (bicyclic) bond motifs is 1. The van der Waals surface area contributed by atoms with Crippen LogP contribution in [0.2, 0.25) is 11.6 Å². The molecule has 0 radical (unpaired) electrons. The number of halogens is 6.